The number of hydrogen-bond donors (Lipinski definition) is 2. The fourth-order valence-corrected chi connectivity index (χ4v) is 4.16. The average molecular weight is 374 g/mol. The minimum absolute atomic E-state index is 0.0336. The van der Waals surface area contributed by atoms with Crippen LogP contribution in [0.4, 0.5) is 5.69 Å². The van der Waals surface area contributed by atoms with E-state index in [2.05, 4.69) is 5.32 Å². The molecule has 1 aliphatic carbocycles. The van der Waals surface area contributed by atoms with E-state index < -0.39 is 0 Å². The van der Waals surface area contributed by atoms with Gasteiger partial charge in [0.25, 0.3) is 0 Å². The SMILES string of the molecule is COc1cccc(N2C[C@H](C(=O)NCCC[C@@H]3CCCC[C@@H]3O)CC2=O)c1. The molecule has 1 aliphatic heterocycles. The van der Waals surface area contributed by atoms with E-state index in [0.29, 0.717) is 24.8 Å². The van der Waals surface area contributed by atoms with Crippen LogP contribution in [0, 0.1) is 11.8 Å². The Kier molecular flexibility index (Phi) is 6.72. The molecule has 0 aromatic heterocycles. The maximum absolute atomic E-state index is 12.4. The van der Waals surface area contributed by atoms with E-state index in [-0.39, 0.29) is 30.3 Å². The third-order valence-corrected chi connectivity index (χ3v) is 5.78. The summed E-state index contributed by atoms with van der Waals surface area (Å²) in [4.78, 5) is 26.4. The van der Waals surface area contributed by atoms with Crippen LogP contribution in [0.15, 0.2) is 24.3 Å². The number of amides is 2. The third kappa shape index (κ3) is 5.01. The van der Waals surface area contributed by atoms with Gasteiger partial charge < -0.3 is 20.1 Å². The molecule has 1 aromatic carbocycles. The highest BCUT2D eigenvalue weighted by Gasteiger charge is 2.35. The molecule has 1 aromatic rings. The second-order valence-corrected chi connectivity index (χ2v) is 7.65. The van der Waals surface area contributed by atoms with Crippen LogP contribution in [0.1, 0.15) is 44.9 Å². The van der Waals surface area contributed by atoms with Gasteiger partial charge in [0.1, 0.15) is 5.75 Å². The number of aliphatic hydroxyl groups excluding tert-OH is 1. The number of nitrogens with one attached hydrogen (secondary N) is 1. The number of carbonyl (C=O) groups is 2. The van der Waals surface area contributed by atoms with E-state index in [1.807, 2.05) is 24.3 Å². The summed E-state index contributed by atoms with van der Waals surface area (Å²) in [6, 6.07) is 7.34. The Morgan fingerprint density at radius 3 is 2.93 bits per heavy atom. The molecule has 2 amide bonds. The standard InChI is InChI=1S/C21H30N2O4/c1-27-18-9-4-8-17(13-18)23-14-16(12-20(23)25)21(26)22-11-5-7-15-6-2-3-10-19(15)24/h4,8-9,13,15-16,19,24H,2-3,5-7,10-12,14H2,1H3,(H,22,26)/t15-,16+,19-/m0/s1. The summed E-state index contributed by atoms with van der Waals surface area (Å²) < 4.78 is 5.21. The van der Waals surface area contributed by atoms with Gasteiger partial charge in [-0.3, -0.25) is 9.59 Å². The fraction of sp³-hybridized carbons (Fsp3) is 0.619. The predicted molar refractivity (Wildman–Crippen MR) is 104 cm³/mol. The molecule has 2 N–H and O–H groups in total. The van der Waals surface area contributed by atoms with E-state index in [4.69, 9.17) is 4.74 Å². The van der Waals surface area contributed by atoms with Gasteiger partial charge >= 0.3 is 0 Å². The first-order valence-corrected chi connectivity index (χ1v) is 9.98. The molecular weight excluding hydrogens is 344 g/mol. The number of anilines is 1. The number of ether oxygens (including phenoxy) is 1. The number of nitrogens with zero attached hydrogens (tertiary/aromatic N) is 1. The van der Waals surface area contributed by atoms with Crippen LogP contribution in [-0.4, -0.2) is 43.2 Å². The normalized spacial score (nSPS) is 25.5. The number of methoxy groups -OCH3 is 1. The first kappa shape index (κ1) is 19.7. The Labute approximate surface area is 160 Å². The van der Waals surface area contributed by atoms with Crippen molar-refractivity contribution < 1.29 is 19.4 Å². The molecule has 0 unspecified atom stereocenters. The zero-order valence-corrected chi connectivity index (χ0v) is 16.0. The smallest absolute Gasteiger partial charge is 0.227 e. The van der Waals surface area contributed by atoms with Crippen molar-refractivity contribution in [3.05, 3.63) is 24.3 Å². The van der Waals surface area contributed by atoms with Crippen LogP contribution in [0.25, 0.3) is 0 Å². The summed E-state index contributed by atoms with van der Waals surface area (Å²) >= 11 is 0. The quantitative estimate of drug-likeness (QED) is 0.719. The summed E-state index contributed by atoms with van der Waals surface area (Å²) in [5.41, 5.74) is 0.765. The summed E-state index contributed by atoms with van der Waals surface area (Å²) in [7, 11) is 1.59. The summed E-state index contributed by atoms with van der Waals surface area (Å²) in [6.45, 7) is 1.01. The topological polar surface area (TPSA) is 78.9 Å². The van der Waals surface area contributed by atoms with Crippen molar-refractivity contribution in [2.24, 2.45) is 11.8 Å². The maximum atomic E-state index is 12.4. The van der Waals surface area contributed by atoms with E-state index in [1.165, 1.54) is 6.42 Å². The molecule has 2 fully saturated rings. The van der Waals surface area contributed by atoms with Crippen molar-refractivity contribution >= 4 is 17.5 Å². The summed E-state index contributed by atoms with van der Waals surface area (Å²) in [5, 5.41) is 13.0. The van der Waals surface area contributed by atoms with Crippen LogP contribution < -0.4 is 15.0 Å². The van der Waals surface area contributed by atoms with Crippen molar-refractivity contribution in [1.29, 1.82) is 0 Å². The van der Waals surface area contributed by atoms with Crippen LogP contribution in [0.3, 0.4) is 0 Å². The van der Waals surface area contributed by atoms with Gasteiger partial charge in [0, 0.05) is 31.3 Å². The molecule has 3 rings (SSSR count). The van der Waals surface area contributed by atoms with Crippen LogP contribution in [-0.2, 0) is 9.59 Å². The Balaban J connectivity index is 1.44. The molecule has 0 spiro atoms. The lowest BCUT2D eigenvalue weighted by Crippen LogP contribution is -2.34. The largest absolute Gasteiger partial charge is 0.497 e. The second kappa shape index (κ2) is 9.22. The Bertz CT molecular complexity index is 663. The van der Waals surface area contributed by atoms with Crippen molar-refractivity contribution in [1.82, 2.24) is 5.32 Å². The molecular formula is C21H30N2O4. The molecule has 1 heterocycles. The number of benzene rings is 1. The van der Waals surface area contributed by atoms with Gasteiger partial charge in [-0.1, -0.05) is 18.9 Å². The lowest BCUT2D eigenvalue weighted by atomic mass is 9.83. The molecule has 6 heteroatoms. The molecule has 1 saturated carbocycles. The fourth-order valence-electron chi connectivity index (χ4n) is 4.16. The van der Waals surface area contributed by atoms with Crippen LogP contribution >= 0.6 is 0 Å². The zero-order chi connectivity index (χ0) is 19.2. The Morgan fingerprint density at radius 2 is 2.15 bits per heavy atom. The van der Waals surface area contributed by atoms with E-state index in [1.54, 1.807) is 12.0 Å². The van der Waals surface area contributed by atoms with Gasteiger partial charge in [-0.2, -0.15) is 0 Å². The van der Waals surface area contributed by atoms with Crippen LogP contribution in [0.5, 0.6) is 5.75 Å². The van der Waals surface area contributed by atoms with E-state index >= 15 is 0 Å². The first-order chi connectivity index (χ1) is 13.1. The number of carbonyl (C=O) groups excluding carboxylic acids is 2. The molecule has 6 nitrogen and oxygen atoms in total. The summed E-state index contributed by atoms with van der Waals surface area (Å²) in [5.74, 6) is 0.654. The van der Waals surface area contributed by atoms with Crippen molar-refractivity contribution in [3.63, 3.8) is 0 Å². The van der Waals surface area contributed by atoms with E-state index in [9.17, 15) is 14.7 Å². The minimum Gasteiger partial charge on any atom is -0.497 e. The molecule has 27 heavy (non-hydrogen) atoms. The van der Waals surface area contributed by atoms with Gasteiger partial charge in [0.05, 0.1) is 19.1 Å². The van der Waals surface area contributed by atoms with Crippen LogP contribution in [0.2, 0.25) is 0 Å². The van der Waals surface area contributed by atoms with Gasteiger partial charge in [-0.05, 0) is 43.7 Å². The Morgan fingerprint density at radius 1 is 1.33 bits per heavy atom. The van der Waals surface area contributed by atoms with E-state index in [0.717, 1.165) is 37.8 Å². The Hall–Kier alpha value is -2.08. The zero-order valence-electron chi connectivity index (χ0n) is 16.0. The van der Waals surface area contributed by atoms with Crippen molar-refractivity contribution in [2.45, 2.75) is 51.0 Å². The minimum atomic E-state index is -0.316. The number of hydrogen-bond acceptors (Lipinski definition) is 4. The van der Waals surface area contributed by atoms with Crippen molar-refractivity contribution in [2.75, 3.05) is 25.1 Å². The van der Waals surface area contributed by atoms with Crippen molar-refractivity contribution in [3.8, 4) is 5.75 Å². The van der Waals surface area contributed by atoms with Gasteiger partial charge in [0.15, 0.2) is 0 Å². The highest BCUT2D eigenvalue weighted by Crippen LogP contribution is 2.29. The molecule has 0 bridgehead atoms. The lowest BCUT2D eigenvalue weighted by Gasteiger charge is -2.27. The summed E-state index contributed by atoms with van der Waals surface area (Å²) in [6.07, 6.45) is 6.17. The highest BCUT2D eigenvalue weighted by atomic mass is 16.5. The first-order valence-electron chi connectivity index (χ1n) is 9.98. The lowest BCUT2D eigenvalue weighted by molar-refractivity contribution is -0.126. The maximum Gasteiger partial charge on any atom is 0.227 e. The molecule has 3 atom stereocenters. The average Bonchev–Trinajstić information content (AvgIpc) is 3.08. The molecule has 1 saturated heterocycles. The highest BCUT2D eigenvalue weighted by molar-refractivity contribution is 6.00. The predicted octanol–water partition coefficient (Wildman–Crippen LogP) is 2.50. The second-order valence-electron chi connectivity index (χ2n) is 7.65. The number of aliphatic hydroxyl groups is 1. The molecule has 0 radical (unpaired) electrons. The van der Waals surface area contributed by atoms with Gasteiger partial charge in [0.2, 0.25) is 11.8 Å². The van der Waals surface area contributed by atoms with Gasteiger partial charge in [-0.25, -0.2) is 0 Å². The molecule has 2 aliphatic rings. The van der Waals surface area contributed by atoms with Gasteiger partial charge in [-0.15, -0.1) is 0 Å². The third-order valence-electron chi connectivity index (χ3n) is 5.78. The molecule has 148 valence electrons. The monoisotopic (exact) mass is 374 g/mol. The number of rotatable bonds is 7.